The molecular weight excluding hydrogens is 386 g/mol. The van der Waals surface area contributed by atoms with Crippen molar-refractivity contribution in [2.45, 2.75) is 57.9 Å². The van der Waals surface area contributed by atoms with E-state index in [0.717, 1.165) is 34.9 Å². The number of thiazole rings is 1. The molecule has 4 nitrogen and oxygen atoms in total. The molecule has 28 heavy (non-hydrogen) atoms. The molecule has 0 unspecified atom stereocenters. The summed E-state index contributed by atoms with van der Waals surface area (Å²) in [7, 11) is 0. The number of fused-ring (bicyclic) bond motifs is 2. The van der Waals surface area contributed by atoms with Crippen LogP contribution in [-0.4, -0.2) is 21.6 Å². The maximum Gasteiger partial charge on any atom is 0.236 e. The predicted octanol–water partition coefficient (Wildman–Crippen LogP) is 5.48. The van der Waals surface area contributed by atoms with Crippen LogP contribution in [0.25, 0.3) is 10.9 Å². The van der Waals surface area contributed by atoms with Crippen LogP contribution in [0.5, 0.6) is 0 Å². The van der Waals surface area contributed by atoms with E-state index in [2.05, 4.69) is 49.3 Å². The lowest BCUT2D eigenvalue weighted by Gasteiger charge is -2.11. The molecule has 0 saturated heterocycles. The lowest BCUT2D eigenvalue weighted by molar-refractivity contribution is -0.113. The van der Waals surface area contributed by atoms with E-state index in [-0.39, 0.29) is 5.91 Å². The van der Waals surface area contributed by atoms with Crippen LogP contribution in [0.2, 0.25) is 0 Å². The summed E-state index contributed by atoms with van der Waals surface area (Å²) in [4.78, 5) is 23.3. The Bertz CT molecular complexity index is 1020. The number of thioether (sulfide) groups is 1. The molecule has 0 atom stereocenters. The first-order valence-electron chi connectivity index (χ1n) is 9.86. The summed E-state index contributed by atoms with van der Waals surface area (Å²) in [5, 5.41) is 5.85. The monoisotopic (exact) mass is 411 g/mol. The molecule has 1 aromatic carbocycles. The summed E-state index contributed by atoms with van der Waals surface area (Å²) in [5.74, 6) is 0.335. The molecule has 0 saturated carbocycles. The zero-order chi connectivity index (χ0) is 19.7. The Labute approximate surface area is 174 Å². The summed E-state index contributed by atoms with van der Waals surface area (Å²) in [6, 6.07) is 6.49. The normalized spacial score (nSPS) is 13.5. The molecular formula is C22H25N3OS2. The number of hydrogen-bond donors (Lipinski definition) is 1. The van der Waals surface area contributed by atoms with Gasteiger partial charge in [-0.25, -0.2) is 9.97 Å². The Hall–Kier alpha value is -1.92. The van der Waals surface area contributed by atoms with Gasteiger partial charge in [-0.15, -0.1) is 11.3 Å². The predicted molar refractivity (Wildman–Crippen MR) is 119 cm³/mol. The molecule has 0 fully saturated rings. The van der Waals surface area contributed by atoms with E-state index in [0.29, 0.717) is 5.75 Å². The van der Waals surface area contributed by atoms with Crippen molar-refractivity contribution in [3.63, 3.8) is 0 Å². The summed E-state index contributed by atoms with van der Waals surface area (Å²) < 4.78 is 0. The second-order valence-corrected chi connectivity index (χ2v) is 9.37. The number of hydrogen-bond acceptors (Lipinski definition) is 5. The number of aryl methyl sites for hydroxylation is 5. The first kappa shape index (κ1) is 19.4. The number of aromatic nitrogens is 2. The largest absolute Gasteiger partial charge is 0.301 e. The maximum absolute atomic E-state index is 12.5. The Morgan fingerprint density at radius 3 is 2.82 bits per heavy atom. The lowest BCUT2D eigenvalue weighted by Crippen LogP contribution is -2.14. The van der Waals surface area contributed by atoms with E-state index in [1.165, 1.54) is 57.3 Å². The van der Waals surface area contributed by atoms with Crippen molar-refractivity contribution in [3.8, 4) is 0 Å². The van der Waals surface area contributed by atoms with Crippen LogP contribution in [-0.2, 0) is 24.1 Å². The topological polar surface area (TPSA) is 54.9 Å². The van der Waals surface area contributed by atoms with Gasteiger partial charge in [0.15, 0.2) is 5.13 Å². The number of nitrogens with one attached hydrogen (secondary N) is 1. The van der Waals surface area contributed by atoms with Crippen molar-refractivity contribution in [2.75, 3.05) is 11.1 Å². The minimum absolute atomic E-state index is 0.0130. The van der Waals surface area contributed by atoms with Crippen molar-refractivity contribution in [1.82, 2.24) is 9.97 Å². The van der Waals surface area contributed by atoms with Crippen LogP contribution < -0.4 is 5.32 Å². The zero-order valence-corrected chi connectivity index (χ0v) is 18.2. The minimum Gasteiger partial charge on any atom is -0.301 e. The number of pyridine rings is 1. The smallest absolute Gasteiger partial charge is 0.236 e. The lowest BCUT2D eigenvalue weighted by atomic mass is 10.0. The SMILES string of the molecule is CCc1cc2ccc(C)c(C)c2nc1SCC(=O)Nc1nc2c(s1)CCCC2. The molecule has 2 heterocycles. The van der Waals surface area contributed by atoms with Crippen LogP contribution in [0.1, 0.15) is 47.0 Å². The average Bonchev–Trinajstić information content (AvgIpc) is 3.11. The first-order valence-corrected chi connectivity index (χ1v) is 11.7. The molecule has 1 aliphatic carbocycles. The van der Waals surface area contributed by atoms with Crippen LogP contribution in [0.15, 0.2) is 23.2 Å². The number of nitrogens with zero attached hydrogens (tertiary/aromatic N) is 2. The Morgan fingerprint density at radius 1 is 1.21 bits per heavy atom. The van der Waals surface area contributed by atoms with Crippen LogP contribution in [0.3, 0.4) is 0 Å². The number of anilines is 1. The third-order valence-corrected chi connectivity index (χ3v) is 7.47. The molecule has 1 amide bonds. The summed E-state index contributed by atoms with van der Waals surface area (Å²) in [5.41, 5.74) is 5.85. The first-order chi connectivity index (χ1) is 13.5. The van der Waals surface area contributed by atoms with Crippen LogP contribution in [0.4, 0.5) is 5.13 Å². The average molecular weight is 412 g/mol. The van der Waals surface area contributed by atoms with Gasteiger partial charge in [-0.2, -0.15) is 0 Å². The second-order valence-electron chi connectivity index (χ2n) is 7.32. The molecule has 4 rings (SSSR count). The van der Waals surface area contributed by atoms with Crippen molar-refractivity contribution >= 4 is 45.0 Å². The molecule has 3 aromatic rings. The van der Waals surface area contributed by atoms with E-state index in [4.69, 9.17) is 4.98 Å². The quantitative estimate of drug-likeness (QED) is 0.565. The molecule has 0 aliphatic heterocycles. The van der Waals surface area contributed by atoms with Crippen LogP contribution >= 0.6 is 23.1 Å². The fraction of sp³-hybridized carbons (Fsp3) is 0.409. The van der Waals surface area contributed by atoms with E-state index < -0.39 is 0 Å². The van der Waals surface area contributed by atoms with Crippen molar-refractivity contribution < 1.29 is 4.79 Å². The Balaban J connectivity index is 1.49. The highest BCUT2D eigenvalue weighted by Gasteiger charge is 2.17. The van der Waals surface area contributed by atoms with Gasteiger partial charge in [-0.05, 0) is 68.7 Å². The second kappa shape index (κ2) is 8.21. The van der Waals surface area contributed by atoms with Gasteiger partial charge in [0.2, 0.25) is 5.91 Å². The van der Waals surface area contributed by atoms with Crippen molar-refractivity contribution in [3.05, 3.63) is 45.5 Å². The number of amides is 1. The Morgan fingerprint density at radius 2 is 2.04 bits per heavy atom. The standard InChI is InChI=1S/C22H25N3OS2/c1-4-15-11-16-10-9-13(2)14(3)20(16)25-21(15)27-12-19(26)24-22-23-17-7-5-6-8-18(17)28-22/h9-11H,4-8,12H2,1-3H3,(H,23,24,26). The Kier molecular flexibility index (Phi) is 5.69. The minimum atomic E-state index is -0.0130. The summed E-state index contributed by atoms with van der Waals surface area (Å²) in [6.45, 7) is 6.36. The van der Waals surface area contributed by atoms with E-state index >= 15 is 0 Å². The van der Waals surface area contributed by atoms with Gasteiger partial charge in [0.25, 0.3) is 0 Å². The van der Waals surface area contributed by atoms with Crippen LogP contribution in [0, 0.1) is 13.8 Å². The number of benzene rings is 1. The highest BCUT2D eigenvalue weighted by molar-refractivity contribution is 8.00. The summed E-state index contributed by atoms with van der Waals surface area (Å²) in [6.07, 6.45) is 5.46. The molecule has 1 aliphatic rings. The zero-order valence-electron chi connectivity index (χ0n) is 16.6. The van der Waals surface area contributed by atoms with E-state index in [1.54, 1.807) is 11.3 Å². The van der Waals surface area contributed by atoms with Gasteiger partial charge in [0, 0.05) is 10.3 Å². The van der Waals surface area contributed by atoms with Gasteiger partial charge < -0.3 is 5.32 Å². The molecule has 0 radical (unpaired) electrons. The summed E-state index contributed by atoms with van der Waals surface area (Å²) >= 11 is 3.15. The van der Waals surface area contributed by atoms with Gasteiger partial charge in [-0.1, -0.05) is 30.8 Å². The fourth-order valence-corrected chi connectivity index (χ4v) is 5.53. The number of rotatable bonds is 5. The van der Waals surface area contributed by atoms with Gasteiger partial charge in [0.1, 0.15) is 5.03 Å². The number of carbonyl (C=O) groups is 1. The van der Waals surface area contributed by atoms with Crippen molar-refractivity contribution in [2.24, 2.45) is 0 Å². The molecule has 6 heteroatoms. The molecule has 146 valence electrons. The fourth-order valence-electron chi connectivity index (χ4n) is 3.58. The van der Waals surface area contributed by atoms with E-state index in [9.17, 15) is 4.79 Å². The third-order valence-electron chi connectivity index (χ3n) is 5.36. The van der Waals surface area contributed by atoms with Gasteiger partial charge in [-0.3, -0.25) is 4.79 Å². The van der Waals surface area contributed by atoms with Crippen molar-refractivity contribution in [1.29, 1.82) is 0 Å². The van der Waals surface area contributed by atoms with Gasteiger partial charge in [0.05, 0.1) is 17.0 Å². The molecule has 0 spiro atoms. The maximum atomic E-state index is 12.5. The van der Waals surface area contributed by atoms with Gasteiger partial charge >= 0.3 is 0 Å². The van der Waals surface area contributed by atoms with E-state index in [1.807, 2.05) is 0 Å². The molecule has 2 aromatic heterocycles. The molecule has 1 N–H and O–H groups in total. The molecule has 0 bridgehead atoms. The highest BCUT2D eigenvalue weighted by atomic mass is 32.2. The highest BCUT2D eigenvalue weighted by Crippen LogP contribution is 2.31. The number of carbonyl (C=O) groups excluding carboxylic acids is 1. The third kappa shape index (κ3) is 3.94.